The number of nitro groups is 1. The van der Waals surface area contributed by atoms with Crippen LogP contribution in [0.1, 0.15) is 23.9 Å². The Morgan fingerprint density at radius 2 is 2.21 bits per heavy atom. The molecule has 0 unspecified atom stereocenters. The first-order valence-electron chi connectivity index (χ1n) is 7.06. The summed E-state index contributed by atoms with van der Waals surface area (Å²) in [6, 6.07) is 0. The second-order valence-corrected chi connectivity index (χ2v) is 4.93. The molecule has 0 fully saturated rings. The normalized spacial score (nSPS) is 11.2. The number of carbonyl (C=O) groups is 1. The fourth-order valence-corrected chi connectivity index (χ4v) is 2.14. The van der Waals surface area contributed by atoms with E-state index in [0.717, 1.165) is 10.9 Å². The fraction of sp³-hybridized carbons (Fsp3) is 0.385. The lowest BCUT2D eigenvalue weighted by Crippen LogP contribution is -2.24. The van der Waals surface area contributed by atoms with Gasteiger partial charge in [-0.2, -0.15) is 19.7 Å². The van der Waals surface area contributed by atoms with Crippen LogP contribution in [0.4, 0.5) is 10.1 Å². The molecule has 11 heteroatoms. The molecule has 0 saturated heterocycles. The van der Waals surface area contributed by atoms with E-state index in [0.29, 0.717) is 6.54 Å². The lowest BCUT2D eigenvalue weighted by Gasteiger charge is -2.02. The number of aromatic nitrogens is 4. The molecular weight excluding hydrogens is 321 g/mol. The summed E-state index contributed by atoms with van der Waals surface area (Å²) < 4.78 is 16.1. The average Bonchev–Trinajstić information content (AvgIpc) is 2.99. The Hall–Kier alpha value is -3.11. The molecule has 0 spiro atoms. The molecule has 128 valence electrons. The van der Waals surface area contributed by atoms with E-state index >= 15 is 0 Å². The molecular formula is C13H16FN7O3. The van der Waals surface area contributed by atoms with E-state index < -0.39 is 16.8 Å². The van der Waals surface area contributed by atoms with Gasteiger partial charge in [0.25, 0.3) is 5.91 Å². The van der Waals surface area contributed by atoms with Crippen LogP contribution >= 0.6 is 0 Å². The second-order valence-electron chi connectivity index (χ2n) is 4.93. The van der Waals surface area contributed by atoms with Crippen LogP contribution < -0.4 is 5.43 Å². The zero-order chi connectivity index (χ0) is 17.9. The number of aryl methyl sites for hydroxylation is 2. The van der Waals surface area contributed by atoms with Crippen LogP contribution in [0.2, 0.25) is 0 Å². The van der Waals surface area contributed by atoms with Crippen molar-refractivity contribution in [1.29, 1.82) is 0 Å². The van der Waals surface area contributed by atoms with Gasteiger partial charge in [0.1, 0.15) is 17.9 Å². The number of nitrogens with one attached hydrogen (secondary N) is 1. The summed E-state index contributed by atoms with van der Waals surface area (Å²) in [4.78, 5) is 22.2. The van der Waals surface area contributed by atoms with Gasteiger partial charge >= 0.3 is 5.69 Å². The van der Waals surface area contributed by atoms with Crippen LogP contribution in [0, 0.1) is 29.9 Å². The summed E-state index contributed by atoms with van der Waals surface area (Å²) in [5.74, 6) is -1.10. The number of hydrogen-bond acceptors (Lipinski definition) is 6. The van der Waals surface area contributed by atoms with Gasteiger partial charge in [-0.3, -0.25) is 19.6 Å². The third-order valence-corrected chi connectivity index (χ3v) is 3.31. The highest BCUT2D eigenvalue weighted by Gasteiger charge is 2.22. The van der Waals surface area contributed by atoms with Crippen molar-refractivity contribution in [3.63, 3.8) is 0 Å². The number of hydrogen-bond donors (Lipinski definition) is 1. The Balaban J connectivity index is 2.01. The second kappa shape index (κ2) is 6.98. The summed E-state index contributed by atoms with van der Waals surface area (Å²) in [6.45, 7) is 4.87. The van der Waals surface area contributed by atoms with Crippen LogP contribution in [-0.2, 0) is 17.9 Å². The third kappa shape index (κ3) is 3.45. The molecule has 0 radical (unpaired) electrons. The lowest BCUT2D eigenvalue weighted by molar-refractivity contribution is -0.386. The molecule has 2 rings (SSSR count). The lowest BCUT2D eigenvalue weighted by atomic mass is 10.3. The van der Waals surface area contributed by atoms with E-state index in [1.807, 2.05) is 0 Å². The molecule has 0 aromatic carbocycles. The van der Waals surface area contributed by atoms with Crippen molar-refractivity contribution in [3.05, 3.63) is 39.2 Å². The van der Waals surface area contributed by atoms with Gasteiger partial charge in [-0.15, -0.1) is 0 Å². The molecule has 0 atom stereocenters. The van der Waals surface area contributed by atoms with E-state index in [-0.39, 0.29) is 29.2 Å². The van der Waals surface area contributed by atoms with Crippen LogP contribution in [0.25, 0.3) is 0 Å². The van der Waals surface area contributed by atoms with Gasteiger partial charge in [-0.1, -0.05) is 0 Å². The summed E-state index contributed by atoms with van der Waals surface area (Å²) in [7, 11) is 0. The Morgan fingerprint density at radius 1 is 1.50 bits per heavy atom. The molecule has 2 heterocycles. The number of rotatable bonds is 6. The first kappa shape index (κ1) is 17.2. The van der Waals surface area contributed by atoms with Crippen molar-refractivity contribution >= 4 is 17.8 Å². The number of nitrogens with zero attached hydrogens (tertiary/aromatic N) is 6. The topological polar surface area (TPSA) is 120 Å². The maximum atomic E-state index is 13.7. The van der Waals surface area contributed by atoms with Gasteiger partial charge in [0.2, 0.25) is 5.95 Å². The number of carbonyl (C=O) groups excluding carboxylic acids is 1. The molecule has 24 heavy (non-hydrogen) atoms. The van der Waals surface area contributed by atoms with Crippen molar-refractivity contribution in [2.45, 2.75) is 33.9 Å². The van der Waals surface area contributed by atoms with Crippen LogP contribution in [-0.4, -0.2) is 36.6 Å². The van der Waals surface area contributed by atoms with Crippen molar-refractivity contribution in [2.75, 3.05) is 0 Å². The van der Waals surface area contributed by atoms with Crippen molar-refractivity contribution in [2.24, 2.45) is 5.10 Å². The minimum Gasteiger partial charge on any atom is -0.271 e. The first-order chi connectivity index (χ1) is 11.3. The summed E-state index contributed by atoms with van der Waals surface area (Å²) >= 11 is 0. The largest absolute Gasteiger partial charge is 0.312 e. The molecule has 0 aliphatic heterocycles. The highest BCUT2D eigenvalue weighted by molar-refractivity contribution is 5.82. The smallest absolute Gasteiger partial charge is 0.271 e. The SMILES string of the molecule is CCn1ncc(/C=N/NC(=O)Cn2nc(C)c([N+](=O)[O-])c2C)c1F. The van der Waals surface area contributed by atoms with E-state index in [1.54, 1.807) is 6.92 Å². The van der Waals surface area contributed by atoms with Crippen molar-refractivity contribution in [1.82, 2.24) is 25.0 Å². The molecule has 0 bridgehead atoms. The van der Waals surface area contributed by atoms with Gasteiger partial charge < -0.3 is 0 Å². The zero-order valence-electron chi connectivity index (χ0n) is 13.4. The van der Waals surface area contributed by atoms with Gasteiger partial charge in [-0.25, -0.2) is 10.1 Å². The summed E-state index contributed by atoms with van der Waals surface area (Å²) in [5, 5.41) is 22.3. The van der Waals surface area contributed by atoms with Crippen molar-refractivity contribution < 1.29 is 14.1 Å². The van der Waals surface area contributed by atoms with E-state index in [4.69, 9.17) is 0 Å². The molecule has 2 aromatic heterocycles. The minimum atomic E-state index is -0.551. The molecule has 0 saturated carbocycles. The standard InChI is InChI=1S/C13H16FN7O3/c1-4-19-13(14)10(6-16-19)5-15-17-11(22)7-20-9(3)12(21(23)24)8(2)18-20/h5-6H,4,7H2,1-3H3,(H,17,22)/b15-5+. The quantitative estimate of drug-likeness (QED) is 0.477. The highest BCUT2D eigenvalue weighted by Crippen LogP contribution is 2.21. The van der Waals surface area contributed by atoms with E-state index in [9.17, 15) is 19.3 Å². The highest BCUT2D eigenvalue weighted by atomic mass is 19.1. The van der Waals surface area contributed by atoms with Crippen LogP contribution in [0.15, 0.2) is 11.3 Å². The van der Waals surface area contributed by atoms with E-state index in [1.165, 1.54) is 24.7 Å². The molecule has 1 N–H and O–H groups in total. The van der Waals surface area contributed by atoms with Crippen molar-refractivity contribution in [3.8, 4) is 0 Å². The Labute approximate surface area is 136 Å². The molecule has 0 aliphatic rings. The maximum absolute atomic E-state index is 13.7. The van der Waals surface area contributed by atoms with Crippen LogP contribution in [0.3, 0.4) is 0 Å². The molecule has 1 amide bonds. The number of halogens is 1. The molecule has 10 nitrogen and oxygen atoms in total. The number of amides is 1. The summed E-state index contributed by atoms with van der Waals surface area (Å²) in [6.07, 6.45) is 2.43. The Kier molecular flexibility index (Phi) is 5.02. The average molecular weight is 337 g/mol. The minimum absolute atomic E-state index is 0.125. The van der Waals surface area contributed by atoms with Crippen LogP contribution in [0.5, 0.6) is 0 Å². The predicted octanol–water partition coefficient (Wildman–Crippen LogP) is 0.914. The Morgan fingerprint density at radius 3 is 2.75 bits per heavy atom. The fourth-order valence-electron chi connectivity index (χ4n) is 2.14. The third-order valence-electron chi connectivity index (χ3n) is 3.31. The Bertz CT molecular complexity index is 809. The monoisotopic (exact) mass is 337 g/mol. The maximum Gasteiger partial charge on any atom is 0.312 e. The zero-order valence-corrected chi connectivity index (χ0v) is 13.4. The number of hydrazone groups is 1. The van der Waals surface area contributed by atoms with Gasteiger partial charge in [0.15, 0.2) is 0 Å². The molecule has 2 aromatic rings. The van der Waals surface area contributed by atoms with Gasteiger partial charge in [0, 0.05) is 6.54 Å². The van der Waals surface area contributed by atoms with Gasteiger partial charge in [-0.05, 0) is 20.8 Å². The first-order valence-corrected chi connectivity index (χ1v) is 7.06. The predicted molar refractivity (Wildman–Crippen MR) is 82.0 cm³/mol. The summed E-state index contributed by atoms with van der Waals surface area (Å²) in [5.41, 5.74) is 2.72. The van der Waals surface area contributed by atoms with E-state index in [2.05, 4.69) is 20.7 Å². The molecule has 0 aliphatic carbocycles. The van der Waals surface area contributed by atoms with Gasteiger partial charge in [0.05, 0.1) is 22.9 Å².